The second-order valence-electron chi connectivity index (χ2n) is 10.2. The van der Waals surface area contributed by atoms with Crippen molar-refractivity contribution in [2.24, 2.45) is 0 Å². The molecule has 0 aromatic carbocycles. The fourth-order valence-electron chi connectivity index (χ4n) is 6.07. The number of hydrogen-bond acceptors (Lipinski definition) is 9. The van der Waals surface area contributed by atoms with Gasteiger partial charge in [0.05, 0.1) is 17.6 Å². The van der Waals surface area contributed by atoms with Crippen LogP contribution in [0.5, 0.6) is 11.9 Å². The Balaban J connectivity index is 1.46. The standard InChI is InChI=1S/C25H28ClF2N7O2/c1-13-11-36-23-17-19(18(28)20(26)32-23)31-24(37-12-25-6-4-8-34(25)10-15(27)9-25)33-22(17)35(13)14(2)16-5-3-7-30-21(16)29/h3,5,7,13-15H,4,6,8-12H2,1-2H3,(H2,29,30)/t13-,14+,15+,25-/m0/s1. The van der Waals surface area contributed by atoms with Crippen molar-refractivity contribution in [3.8, 4) is 11.9 Å². The third-order valence-corrected chi connectivity index (χ3v) is 8.07. The predicted octanol–water partition coefficient (Wildman–Crippen LogP) is 4.10. The Kier molecular flexibility index (Phi) is 5.95. The summed E-state index contributed by atoms with van der Waals surface area (Å²) in [7, 11) is 0. The molecule has 4 atom stereocenters. The quantitative estimate of drug-likeness (QED) is 0.487. The third-order valence-electron chi connectivity index (χ3n) is 7.82. The summed E-state index contributed by atoms with van der Waals surface area (Å²) in [6.07, 6.45) is 2.94. The Morgan fingerprint density at radius 1 is 1.35 bits per heavy atom. The van der Waals surface area contributed by atoms with Gasteiger partial charge in [0.1, 0.15) is 41.9 Å². The summed E-state index contributed by atoms with van der Waals surface area (Å²) in [5, 5.41) is -0.0429. The molecule has 0 aliphatic carbocycles. The van der Waals surface area contributed by atoms with Gasteiger partial charge in [0, 0.05) is 24.7 Å². The first-order chi connectivity index (χ1) is 17.8. The minimum Gasteiger partial charge on any atom is -0.475 e. The molecule has 196 valence electrons. The Morgan fingerprint density at radius 3 is 3.00 bits per heavy atom. The molecule has 0 unspecified atom stereocenters. The zero-order valence-corrected chi connectivity index (χ0v) is 21.4. The van der Waals surface area contributed by atoms with Crippen molar-refractivity contribution < 1.29 is 18.3 Å². The predicted molar refractivity (Wildman–Crippen MR) is 135 cm³/mol. The molecule has 37 heavy (non-hydrogen) atoms. The van der Waals surface area contributed by atoms with Gasteiger partial charge in [0.2, 0.25) is 5.88 Å². The summed E-state index contributed by atoms with van der Waals surface area (Å²) < 4.78 is 41.7. The van der Waals surface area contributed by atoms with Gasteiger partial charge in [-0.2, -0.15) is 15.0 Å². The number of pyridine rings is 2. The second-order valence-corrected chi connectivity index (χ2v) is 10.5. The van der Waals surface area contributed by atoms with Crippen molar-refractivity contribution in [3.05, 3.63) is 34.9 Å². The van der Waals surface area contributed by atoms with Gasteiger partial charge in [0.15, 0.2) is 11.0 Å². The maximum Gasteiger partial charge on any atom is 0.319 e. The smallest absolute Gasteiger partial charge is 0.319 e. The van der Waals surface area contributed by atoms with Gasteiger partial charge >= 0.3 is 6.01 Å². The number of ether oxygens (including phenoxy) is 2. The van der Waals surface area contributed by atoms with Gasteiger partial charge in [-0.15, -0.1) is 0 Å². The van der Waals surface area contributed by atoms with Crippen LogP contribution in [0.15, 0.2) is 18.3 Å². The molecule has 2 fully saturated rings. The van der Waals surface area contributed by atoms with E-state index in [0.29, 0.717) is 30.0 Å². The molecule has 3 aliphatic heterocycles. The topological polar surface area (TPSA) is 103 Å². The van der Waals surface area contributed by atoms with Crippen LogP contribution in [0.4, 0.5) is 20.4 Å². The molecule has 3 aliphatic rings. The maximum atomic E-state index is 15.3. The minimum absolute atomic E-state index is 0.0105. The minimum atomic E-state index is -0.893. The number of halogens is 3. The van der Waals surface area contributed by atoms with Crippen molar-refractivity contribution in [2.45, 2.75) is 56.9 Å². The van der Waals surface area contributed by atoms with Gasteiger partial charge in [-0.3, -0.25) is 4.90 Å². The van der Waals surface area contributed by atoms with Crippen LogP contribution in [0.3, 0.4) is 0 Å². The molecule has 9 nitrogen and oxygen atoms in total. The van der Waals surface area contributed by atoms with Crippen LogP contribution in [0, 0.1) is 5.82 Å². The van der Waals surface area contributed by atoms with E-state index in [1.165, 1.54) is 0 Å². The molecule has 12 heteroatoms. The maximum absolute atomic E-state index is 15.3. The fourth-order valence-corrected chi connectivity index (χ4v) is 6.23. The highest BCUT2D eigenvalue weighted by atomic mass is 35.5. The van der Waals surface area contributed by atoms with E-state index in [4.69, 9.17) is 31.8 Å². The Hall–Kier alpha value is -3.05. The van der Waals surface area contributed by atoms with Crippen LogP contribution in [-0.4, -0.2) is 68.9 Å². The van der Waals surface area contributed by atoms with E-state index in [1.807, 2.05) is 30.9 Å². The molecule has 0 radical (unpaired) electrons. The van der Waals surface area contributed by atoms with Gasteiger partial charge < -0.3 is 20.1 Å². The number of alkyl halides is 1. The Bertz CT molecular complexity index is 1360. The number of rotatable bonds is 5. The summed E-state index contributed by atoms with van der Waals surface area (Å²) in [4.78, 5) is 21.6. The van der Waals surface area contributed by atoms with E-state index >= 15 is 4.39 Å². The normalized spacial score (nSPS) is 26.1. The van der Waals surface area contributed by atoms with E-state index < -0.39 is 17.5 Å². The number of hydrogen-bond donors (Lipinski definition) is 1. The van der Waals surface area contributed by atoms with Crippen LogP contribution in [0.25, 0.3) is 10.9 Å². The molecular formula is C25H28ClF2N7O2. The summed E-state index contributed by atoms with van der Waals surface area (Å²) in [6.45, 7) is 5.63. The van der Waals surface area contributed by atoms with E-state index in [2.05, 4.69) is 19.9 Å². The molecule has 0 spiro atoms. The summed E-state index contributed by atoms with van der Waals surface area (Å²) >= 11 is 6.12. The van der Waals surface area contributed by atoms with E-state index in [0.717, 1.165) is 24.9 Å². The molecule has 6 heterocycles. The van der Waals surface area contributed by atoms with Crippen molar-refractivity contribution in [1.82, 2.24) is 24.8 Å². The SMILES string of the molecule is C[C@H](c1cccnc1N)N1c2nc(OC[C@@]34CCCN3C[C@H](F)C4)nc3c(F)c(Cl)nc(c23)OC[C@@H]1C. The van der Waals surface area contributed by atoms with Crippen LogP contribution in [0.2, 0.25) is 5.15 Å². The molecular weight excluding hydrogens is 504 g/mol. The van der Waals surface area contributed by atoms with Crippen LogP contribution >= 0.6 is 11.6 Å². The van der Waals surface area contributed by atoms with Crippen molar-refractivity contribution in [3.63, 3.8) is 0 Å². The lowest BCUT2D eigenvalue weighted by Crippen LogP contribution is -2.43. The van der Waals surface area contributed by atoms with Crippen molar-refractivity contribution >= 4 is 34.1 Å². The highest BCUT2D eigenvalue weighted by molar-refractivity contribution is 6.30. The lowest BCUT2D eigenvalue weighted by atomic mass is 9.95. The van der Waals surface area contributed by atoms with Crippen molar-refractivity contribution in [2.75, 3.05) is 36.9 Å². The Labute approximate surface area is 217 Å². The van der Waals surface area contributed by atoms with E-state index in [-0.39, 0.29) is 47.9 Å². The highest BCUT2D eigenvalue weighted by Gasteiger charge is 2.49. The van der Waals surface area contributed by atoms with Gasteiger partial charge in [-0.05, 0) is 39.3 Å². The number of anilines is 2. The van der Waals surface area contributed by atoms with Crippen LogP contribution < -0.4 is 20.1 Å². The molecule has 3 aromatic heterocycles. The molecule has 6 rings (SSSR count). The first kappa shape index (κ1) is 24.3. The number of aromatic nitrogens is 4. The second kappa shape index (κ2) is 9.05. The first-order valence-corrected chi connectivity index (χ1v) is 12.9. The number of fused-ring (bicyclic) bond motifs is 1. The van der Waals surface area contributed by atoms with Crippen molar-refractivity contribution in [1.29, 1.82) is 0 Å². The van der Waals surface area contributed by atoms with Gasteiger partial charge in [-0.1, -0.05) is 17.7 Å². The van der Waals surface area contributed by atoms with E-state index in [9.17, 15) is 4.39 Å². The number of nitrogens with zero attached hydrogens (tertiary/aromatic N) is 6. The molecule has 2 N–H and O–H groups in total. The van der Waals surface area contributed by atoms with Gasteiger partial charge in [-0.25, -0.2) is 13.8 Å². The van der Waals surface area contributed by atoms with Crippen LogP contribution in [-0.2, 0) is 0 Å². The third kappa shape index (κ3) is 3.99. The van der Waals surface area contributed by atoms with Crippen LogP contribution in [0.1, 0.15) is 44.7 Å². The summed E-state index contributed by atoms with van der Waals surface area (Å²) in [5.41, 5.74) is 6.54. The molecule has 2 saturated heterocycles. The molecule has 0 bridgehead atoms. The Morgan fingerprint density at radius 2 is 2.19 bits per heavy atom. The largest absolute Gasteiger partial charge is 0.475 e. The molecule has 0 saturated carbocycles. The average Bonchev–Trinajstić information content (AvgIpc) is 3.35. The van der Waals surface area contributed by atoms with Gasteiger partial charge in [0.25, 0.3) is 0 Å². The molecule has 3 aromatic rings. The fraction of sp³-hybridized carbons (Fsp3) is 0.520. The number of nitrogen functional groups attached to an aromatic ring is 1. The summed E-state index contributed by atoms with van der Waals surface area (Å²) in [5.74, 6) is 0.151. The monoisotopic (exact) mass is 531 g/mol. The number of nitrogens with two attached hydrogens (primary N) is 1. The van der Waals surface area contributed by atoms with E-state index in [1.54, 1.807) is 6.20 Å². The lowest BCUT2D eigenvalue weighted by Gasteiger charge is -2.35. The zero-order valence-electron chi connectivity index (χ0n) is 20.6. The lowest BCUT2D eigenvalue weighted by molar-refractivity contribution is 0.107. The summed E-state index contributed by atoms with van der Waals surface area (Å²) in [6, 6.07) is 3.19. The highest BCUT2D eigenvalue weighted by Crippen LogP contribution is 2.44. The zero-order chi connectivity index (χ0) is 25.9. The average molecular weight is 532 g/mol. The first-order valence-electron chi connectivity index (χ1n) is 12.5. The molecule has 0 amide bonds.